The van der Waals surface area contributed by atoms with Gasteiger partial charge in [-0.25, -0.2) is 0 Å². The van der Waals surface area contributed by atoms with Crippen molar-refractivity contribution in [2.45, 2.75) is 0 Å². The molecule has 0 radical (unpaired) electrons. The van der Waals surface area contributed by atoms with Crippen molar-refractivity contribution in [1.29, 1.82) is 0 Å². The van der Waals surface area contributed by atoms with Gasteiger partial charge in [0.25, 0.3) is 0 Å². The van der Waals surface area contributed by atoms with E-state index in [1.165, 1.54) is 32.3 Å². The molecule has 7 rings (SSSR count). The van der Waals surface area contributed by atoms with Crippen molar-refractivity contribution in [3.8, 4) is 0 Å². The highest BCUT2D eigenvalue weighted by atomic mass is 14.0. The van der Waals surface area contributed by atoms with Crippen LogP contribution in [0.2, 0.25) is 0 Å². The molecular formula is C20H14. The maximum Gasteiger partial charge on any atom is -0.0177 e. The van der Waals surface area contributed by atoms with Gasteiger partial charge in [0.15, 0.2) is 0 Å². The molecule has 20 heavy (non-hydrogen) atoms. The number of fused-ring (bicyclic) bond motifs is 3. The lowest BCUT2D eigenvalue weighted by molar-refractivity contribution is 1.75. The molecular weight excluding hydrogens is 240 g/mol. The van der Waals surface area contributed by atoms with Gasteiger partial charge in [-0.05, 0) is 44.5 Å². The van der Waals surface area contributed by atoms with E-state index in [2.05, 4.69) is 84.9 Å². The van der Waals surface area contributed by atoms with Gasteiger partial charge in [0.05, 0.1) is 0 Å². The molecule has 0 aromatic heterocycles. The molecule has 0 N–H and O–H groups in total. The van der Waals surface area contributed by atoms with Gasteiger partial charge in [-0.15, -0.1) is 0 Å². The summed E-state index contributed by atoms with van der Waals surface area (Å²) in [4.78, 5) is 0. The molecule has 0 fully saturated rings. The van der Waals surface area contributed by atoms with Gasteiger partial charge in [0, 0.05) is 0 Å². The van der Waals surface area contributed by atoms with Gasteiger partial charge in [-0.2, -0.15) is 0 Å². The van der Waals surface area contributed by atoms with Gasteiger partial charge in [0.1, 0.15) is 0 Å². The third kappa shape index (κ3) is 1.86. The highest BCUT2D eigenvalue weighted by Crippen LogP contribution is 2.27. The maximum atomic E-state index is 2.24. The molecule has 0 saturated carbocycles. The topological polar surface area (TPSA) is 0 Å². The van der Waals surface area contributed by atoms with Crippen molar-refractivity contribution in [2.75, 3.05) is 0 Å². The van der Waals surface area contributed by atoms with Crippen molar-refractivity contribution in [3.63, 3.8) is 0 Å². The first-order valence-corrected chi connectivity index (χ1v) is 6.88. The molecule has 0 nitrogen and oxygen atoms in total. The van der Waals surface area contributed by atoms with E-state index in [4.69, 9.17) is 0 Å². The largest absolute Gasteiger partial charge is 0.0616 e. The maximum absolute atomic E-state index is 2.24. The Bertz CT molecular complexity index is 778. The molecule has 7 aromatic carbocycles. The Kier molecular flexibility index (Phi) is 2.53. The van der Waals surface area contributed by atoms with Crippen LogP contribution in [0.4, 0.5) is 0 Å². The summed E-state index contributed by atoms with van der Waals surface area (Å²) >= 11 is 0. The average Bonchev–Trinajstić information content (AvgIpc) is 2.56. The number of hydrogen-bond donors (Lipinski definition) is 0. The van der Waals surface area contributed by atoms with Crippen molar-refractivity contribution in [2.24, 2.45) is 0 Å². The monoisotopic (exact) mass is 254 g/mol. The van der Waals surface area contributed by atoms with Crippen LogP contribution < -0.4 is 0 Å². The fourth-order valence-electron chi connectivity index (χ4n) is 2.74. The average molecular weight is 254 g/mol. The predicted molar refractivity (Wildman–Crippen MR) is 87.8 cm³/mol. The SMILES string of the molecule is c1cc2cc3ccc2cc13.c1ccc2ccccc2c1. The van der Waals surface area contributed by atoms with E-state index in [-0.39, 0.29) is 0 Å². The molecule has 94 valence electrons. The summed E-state index contributed by atoms with van der Waals surface area (Å²) in [5, 5.41) is 8.09. The smallest absolute Gasteiger partial charge is 0.0177 e. The van der Waals surface area contributed by atoms with Crippen LogP contribution in [0.15, 0.2) is 84.9 Å². The van der Waals surface area contributed by atoms with Gasteiger partial charge in [0.2, 0.25) is 0 Å². The van der Waals surface area contributed by atoms with E-state index in [9.17, 15) is 0 Å². The van der Waals surface area contributed by atoms with Crippen molar-refractivity contribution >= 4 is 32.3 Å². The first-order valence-electron chi connectivity index (χ1n) is 6.88. The van der Waals surface area contributed by atoms with Gasteiger partial charge < -0.3 is 0 Å². The van der Waals surface area contributed by atoms with E-state index in [0.29, 0.717) is 0 Å². The van der Waals surface area contributed by atoms with Crippen molar-refractivity contribution < 1.29 is 0 Å². The summed E-state index contributed by atoms with van der Waals surface area (Å²) < 4.78 is 0. The molecule has 0 amide bonds. The second kappa shape index (κ2) is 4.50. The van der Waals surface area contributed by atoms with Crippen molar-refractivity contribution in [1.82, 2.24) is 0 Å². The van der Waals surface area contributed by atoms with Crippen LogP contribution in [0.5, 0.6) is 0 Å². The number of hydrogen-bond acceptors (Lipinski definition) is 0. The molecule has 0 aliphatic rings. The summed E-state index contributed by atoms with van der Waals surface area (Å²) in [6.07, 6.45) is 0. The standard InChI is InChI=1S/C10H6.C10H8/c1-2-8-6-9-3-4-10(8)5-7(1)9;1-2-6-10-8-4-3-7-9(10)5-1/h1-6H;1-8H. The zero-order chi connectivity index (χ0) is 13.4. The molecule has 0 heteroatoms. The summed E-state index contributed by atoms with van der Waals surface area (Å²) in [5.41, 5.74) is 0. The minimum Gasteiger partial charge on any atom is -0.0616 e. The minimum absolute atomic E-state index is 1.31. The fourth-order valence-corrected chi connectivity index (χ4v) is 2.74. The van der Waals surface area contributed by atoms with E-state index in [0.717, 1.165) is 0 Å². The molecule has 0 aliphatic heterocycles. The van der Waals surface area contributed by atoms with Gasteiger partial charge in [-0.3, -0.25) is 0 Å². The van der Waals surface area contributed by atoms with Crippen LogP contribution in [0.25, 0.3) is 32.3 Å². The molecule has 0 unspecified atom stereocenters. The second-order valence-corrected chi connectivity index (χ2v) is 5.12. The molecule has 0 aliphatic carbocycles. The fraction of sp³-hybridized carbons (Fsp3) is 0. The van der Waals surface area contributed by atoms with Crippen LogP contribution in [0, 0.1) is 0 Å². The summed E-state index contributed by atoms with van der Waals surface area (Å²) in [5.74, 6) is 0. The summed E-state index contributed by atoms with van der Waals surface area (Å²) in [6.45, 7) is 0. The molecule has 4 bridgehead atoms. The predicted octanol–water partition coefficient (Wildman–Crippen LogP) is 5.71. The first kappa shape index (κ1) is 11.2. The van der Waals surface area contributed by atoms with E-state index in [1.807, 2.05) is 0 Å². The van der Waals surface area contributed by atoms with E-state index >= 15 is 0 Å². The molecule has 0 heterocycles. The lowest BCUT2D eigenvalue weighted by Crippen LogP contribution is -1.79. The van der Waals surface area contributed by atoms with Crippen LogP contribution >= 0.6 is 0 Å². The number of rotatable bonds is 0. The Morgan fingerprint density at radius 3 is 0.850 bits per heavy atom. The second-order valence-electron chi connectivity index (χ2n) is 5.12. The Hall–Kier alpha value is -2.60. The normalized spacial score (nSPS) is 11.0. The molecule has 0 saturated heterocycles. The minimum atomic E-state index is 1.31. The summed E-state index contributed by atoms with van der Waals surface area (Å²) in [7, 11) is 0. The highest BCUT2D eigenvalue weighted by molar-refractivity contribution is 6.03. The number of benzene rings is 7. The zero-order valence-electron chi connectivity index (χ0n) is 11.1. The highest BCUT2D eigenvalue weighted by Gasteiger charge is 2.00. The molecule has 7 aromatic rings. The van der Waals surface area contributed by atoms with Crippen LogP contribution in [-0.2, 0) is 0 Å². The van der Waals surface area contributed by atoms with Crippen LogP contribution in [0.3, 0.4) is 0 Å². The Morgan fingerprint density at radius 1 is 0.300 bits per heavy atom. The van der Waals surface area contributed by atoms with Crippen LogP contribution in [0.1, 0.15) is 0 Å². The Labute approximate surface area is 117 Å². The molecule has 0 spiro atoms. The lowest BCUT2D eigenvalue weighted by atomic mass is 9.99. The van der Waals surface area contributed by atoms with Crippen molar-refractivity contribution in [3.05, 3.63) is 84.9 Å². The zero-order valence-corrected chi connectivity index (χ0v) is 11.1. The van der Waals surface area contributed by atoms with Gasteiger partial charge >= 0.3 is 0 Å². The van der Waals surface area contributed by atoms with Gasteiger partial charge in [-0.1, -0.05) is 72.8 Å². The quantitative estimate of drug-likeness (QED) is 0.332. The third-order valence-corrected chi connectivity index (χ3v) is 3.83. The van der Waals surface area contributed by atoms with E-state index < -0.39 is 0 Å². The Morgan fingerprint density at radius 2 is 0.600 bits per heavy atom. The van der Waals surface area contributed by atoms with E-state index in [1.54, 1.807) is 0 Å². The van der Waals surface area contributed by atoms with Crippen LogP contribution in [-0.4, -0.2) is 0 Å². The Balaban J connectivity index is 0.000000106. The molecule has 0 atom stereocenters. The summed E-state index contributed by atoms with van der Waals surface area (Å²) in [6, 6.07) is 29.9. The third-order valence-electron chi connectivity index (χ3n) is 3.83. The lowest BCUT2D eigenvalue weighted by Gasteiger charge is -2.06. The first-order chi connectivity index (χ1) is 9.90.